The van der Waals surface area contributed by atoms with Crippen molar-refractivity contribution < 1.29 is 9.13 Å². The quantitative estimate of drug-likeness (QED) is 0.487. The van der Waals surface area contributed by atoms with Gasteiger partial charge in [-0.1, -0.05) is 24.3 Å². The predicted octanol–water partition coefficient (Wildman–Crippen LogP) is 5.21. The largest absolute Gasteiger partial charge is 0.370 e. The number of aromatic amines is 1. The molecule has 0 amide bonds. The summed E-state index contributed by atoms with van der Waals surface area (Å²) in [6.07, 6.45) is 4.29. The van der Waals surface area contributed by atoms with Crippen molar-refractivity contribution in [1.82, 2.24) is 20.4 Å². The number of fused-ring (bicyclic) bond motifs is 1. The Morgan fingerprint density at radius 3 is 2.24 bits per heavy atom. The third-order valence-corrected chi connectivity index (χ3v) is 8.42. The predicted molar refractivity (Wildman–Crippen MR) is 152 cm³/mol. The second-order valence-corrected chi connectivity index (χ2v) is 12.5. The molecule has 4 heterocycles. The summed E-state index contributed by atoms with van der Waals surface area (Å²) in [6.45, 7) is 15.3. The molecule has 3 aliphatic heterocycles. The molecular formula is C31H40FN5O. The van der Waals surface area contributed by atoms with Crippen LogP contribution in [0, 0.1) is 11.9 Å². The minimum atomic E-state index is -0.387. The van der Waals surface area contributed by atoms with E-state index in [9.17, 15) is 4.39 Å². The number of nitrogens with zero attached hydrogens (tertiary/aromatic N) is 3. The van der Waals surface area contributed by atoms with Crippen LogP contribution in [0.3, 0.4) is 0 Å². The van der Waals surface area contributed by atoms with Crippen molar-refractivity contribution in [3.05, 3.63) is 65.6 Å². The maximum Gasteiger partial charge on any atom is 0.216 e. The molecule has 0 atom stereocenters. The van der Waals surface area contributed by atoms with Crippen LogP contribution < -0.4 is 10.2 Å². The maximum atomic E-state index is 14.5. The molecule has 1 aromatic heterocycles. The second-order valence-electron chi connectivity index (χ2n) is 12.5. The first-order valence-electron chi connectivity index (χ1n) is 14.0. The highest BCUT2D eigenvalue weighted by molar-refractivity contribution is 5.88. The Morgan fingerprint density at radius 1 is 0.947 bits per heavy atom. The lowest BCUT2D eigenvalue weighted by molar-refractivity contribution is -0.166. The SMILES string of the molecule is CC1(C)CC(C=C(c2ccc(N3CCN(C4CNC4)CC3)cc2)c2ccc3n[nH]c(F)c3c2)CC(C)(C)O1. The molecule has 0 unspecified atom stereocenters. The number of halogens is 1. The zero-order valence-corrected chi connectivity index (χ0v) is 23.1. The van der Waals surface area contributed by atoms with Gasteiger partial charge in [-0.15, -0.1) is 0 Å². The van der Waals surface area contributed by atoms with E-state index in [1.54, 1.807) is 0 Å². The van der Waals surface area contributed by atoms with Gasteiger partial charge < -0.3 is 15.0 Å². The van der Waals surface area contributed by atoms with Crippen LogP contribution >= 0.6 is 0 Å². The first kappa shape index (κ1) is 25.5. The van der Waals surface area contributed by atoms with Crippen molar-refractivity contribution in [3.8, 4) is 0 Å². The standard InChI is InChI=1S/C31H40FN5O/c1-30(2)17-21(18-31(3,4)38-30)15-26(23-7-10-28-27(16-23)29(32)35-34-28)22-5-8-24(9-6-22)36-11-13-37(14-12-36)25-19-33-20-25/h5-10,15-16,21,25,33H,11-14,17-20H2,1-4H3,(H,34,35). The number of nitrogens with one attached hydrogen (secondary N) is 2. The van der Waals surface area contributed by atoms with Gasteiger partial charge in [-0.3, -0.25) is 10.00 Å². The molecule has 0 aliphatic carbocycles. The molecule has 7 heteroatoms. The zero-order valence-electron chi connectivity index (χ0n) is 23.1. The second kappa shape index (κ2) is 9.78. The van der Waals surface area contributed by atoms with Crippen LogP contribution in [0.1, 0.15) is 51.7 Å². The Hall–Kier alpha value is -2.74. The maximum absolute atomic E-state index is 14.5. The van der Waals surface area contributed by atoms with Gasteiger partial charge >= 0.3 is 0 Å². The fourth-order valence-electron chi connectivity index (χ4n) is 6.75. The van der Waals surface area contributed by atoms with Crippen LogP contribution in [0.2, 0.25) is 0 Å². The van der Waals surface area contributed by atoms with E-state index in [4.69, 9.17) is 4.74 Å². The number of anilines is 1. The monoisotopic (exact) mass is 517 g/mol. The Labute approximate surface area is 225 Å². The van der Waals surface area contributed by atoms with E-state index in [2.05, 4.69) is 89.4 Å². The summed E-state index contributed by atoms with van der Waals surface area (Å²) in [7, 11) is 0. The van der Waals surface area contributed by atoms with E-state index in [0.717, 1.165) is 68.8 Å². The van der Waals surface area contributed by atoms with Crippen molar-refractivity contribution in [3.63, 3.8) is 0 Å². The number of benzene rings is 2. The van der Waals surface area contributed by atoms with Gasteiger partial charge in [0.05, 0.1) is 22.1 Å². The number of H-pyrrole nitrogens is 1. The topological polar surface area (TPSA) is 56.4 Å². The first-order chi connectivity index (χ1) is 18.2. The van der Waals surface area contributed by atoms with Crippen molar-refractivity contribution in [2.45, 2.75) is 57.8 Å². The lowest BCUT2D eigenvalue weighted by Gasteiger charge is -2.45. The zero-order chi connectivity index (χ0) is 26.5. The number of rotatable bonds is 5. The van der Waals surface area contributed by atoms with Gasteiger partial charge in [0.2, 0.25) is 5.95 Å². The summed E-state index contributed by atoms with van der Waals surface area (Å²) in [6, 6.07) is 15.6. The van der Waals surface area contributed by atoms with E-state index in [1.165, 1.54) is 5.69 Å². The number of hydrogen-bond donors (Lipinski definition) is 2. The number of aromatic nitrogens is 2. The van der Waals surface area contributed by atoms with Crippen LogP contribution in [0.4, 0.5) is 10.1 Å². The number of piperazine rings is 1. The van der Waals surface area contributed by atoms with Gasteiger partial charge in [0.1, 0.15) is 0 Å². The number of hydrogen-bond acceptors (Lipinski definition) is 5. The van der Waals surface area contributed by atoms with Gasteiger partial charge in [0.25, 0.3) is 0 Å². The lowest BCUT2D eigenvalue weighted by atomic mass is 9.79. The van der Waals surface area contributed by atoms with Crippen LogP contribution in [-0.2, 0) is 4.74 Å². The van der Waals surface area contributed by atoms with Gasteiger partial charge in [-0.25, -0.2) is 0 Å². The summed E-state index contributed by atoms with van der Waals surface area (Å²) < 4.78 is 20.8. The molecule has 0 saturated carbocycles. The molecule has 3 saturated heterocycles. The fourth-order valence-corrected chi connectivity index (χ4v) is 6.75. The van der Waals surface area contributed by atoms with E-state index in [-0.39, 0.29) is 17.1 Å². The number of allylic oxidation sites excluding steroid dienone is 1. The first-order valence-corrected chi connectivity index (χ1v) is 14.0. The lowest BCUT2D eigenvalue weighted by Crippen LogP contribution is -2.61. The molecule has 2 aromatic carbocycles. The van der Waals surface area contributed by atoms with Crippen LogP contribution in [0.25, 0.3) is 16.5 Å². The van der Waals surface area contributed by atoms with Crippen LogP contribution in [-0.4, -0.2) is 71.6 Å². The van der Waals surface area contributed by atoms with Gasteiger partial charge in [0.15, 0.2) is 0 Å². The fraction of sp³-hybridized carbons (Fsp3) is 0.516. The van der Waals surface area contributed by atoms with E-state index < -0.39 is 0 Å². The molecule has 38 heavy (non-hydrogen) atoms. The average Bonchev–Trinajstić information content (AvgIpc) is 3.20. The molecule has 2 N–H and O–H groups in total. The molecule has 0 bridgehead atoms. The van der Waals surface area contributed by atoms with Crippen molar-refractivity contribution in [2.24, 2.45) is 5.92 Å². The van der Waals surface area contributed by atoms with Crippen molar-refractivity contribution in [2.75, 3.05) is 44.2 Å². The minimum Gasteiger partial charge on any atom is -0.370 e. The highest BCUT2D eigenvalue weighted by atomic mass is 19.1. The molecule has 0 radical (unpaired) electrons. The summed E-state index contributed by atoms with van der Waals surface area (Å²) in [4.78, 5) is 5.11. The average molecular weight is 518 g/mol. The molecule has 3 aliphatic rings. The van der Waals surface area contributed by atoms with E-state index >= 15 is 0 Å². The molecule has 6 rings (SSSR count). The van der Waals surface area contributed by atoms with Crippen molar-refractivity contribution >= 4 is 22.2 Å². The Bertz CT molecular complexity index is 1300. The summed E-state index contributed by atoms with van der Waals surface area (Å²) in [5.74, 6) is -0.0379. The molecule has 3 fully saturated rings. The normalized spacial score (nSPS) is 23.1. The Morgan fingerprint density at radius 2 is 1.61 bits per heavy atom. The number of ether oxygens (including phenoxy) is 1. The smallest absolute Gasteiger partial charge is 0.216 e. The van der Waals surface area contributed by atoms with Gasteiger partial charge in [0, 0.05) is 51.0 Å². The summed E-state index contributed by atoms with van der Waals surface area (Å²) >= 11 is 0. The van der Waals surface area contributed by atoms with E-state index in [0.29, 0.717) is 22.9 Å². The molecule has 3 aromatic rings. The Balaban J connectivity index is 1.30. The molecular weight excluding hydrogens is 477 g/mol. The third kappa shape index (κ3) is 5.24. The van der Waals surface area contributed by atoms with Gasteiger partial charge in [-0.05, 0) is 87.4 Å². The minimum absolute atomic E-state index is 0.198. The highest BCUT2D eigenvalue weighted by Crippen LogP contribution is 2.41. The Kier molecular flexibility index (Phi) is 6.57. The molecule has 0 spiro atoms. The van der Waals surface area contributed by atoms with E-state index in [1.807, 2.05) is 12.1 Å². The molecule has 202 valence electrons. The summed E-state index contributed by atoms with van der Waals surface area (Å²) in [5.41, 5.74) is 4.82. The third-order valence-electron chi connectivity index (χ3n) is 8.42. The van der Waals surface area contributed by atoms with Crippen LogP contribution in [0.15, 0.2) is 48.5 Å². The molecule has 6 nitrogen and oxygen atoms in total. The highest BCUT2D eigenvalue weighted by Gasteiger charge is 2.38. The van der Waals surface area contributed by atoms with Gasteiger partial charge in [-0.2, -0.15) is 9.49 Å². The van der Waals surface area contributed by atoms with Crippen LogP contribution in [0.5, 0.6) is 0 Å². The summed E-state index contributed by atoms with van der Waals surface area (Å²) in [5, 5.41) is 10.5. The van der Waals surface area contributed by atoms with Crippen molar-refractivity contribution in [1.29, 1.82) is 0 Å².